The average Bonchev–Trinajstić information content (AvgIpc) is 2.70. The van der Waals surface area contributed by atoms with Crippen LogP contribution in [-0.4, -0.2) is 32.7 Å². The van der Waals surface area contributed by atoms with E-state index >= 15 is 0 Å². The molecule has 0 fully saturated rings. The summed E-state index contributed by atoms with van der Waals surface area (Å²) in [4.78, 5) is 15.8. The molecule has 18 heavy (non-hydrogen) atoms. The molecular formula is C12H19N5O. The van der Waals surface area contributed by atoms with Crippen molar-refractivity contribution in [1.82, 2.24) is 24.9 Å². The maximum atomic E-state index is 11.4. The van der Waals surface area contributed by atoms with Gasteiger partial charge in [0, 0.05) is 18.0 Å². The standard InChI is InChI=1S/C12H19N5O/c1-7(2)11(8(3)13-4)9-5-10-15-16-12(18)17(10)6-14-9/h5-8,11,13H,1-4H3,(H,16,18). The van der Waals surface area contributed by atoms with Crippen LogP contribution >= 0.6 is 0 Å². The molecule has 2 aromatic rings. The van der Waals surface area contributed by atoms with Crippen LogP contribution in [0.3, 0.4) is 0 Å². The lowest BCUT2D eigenvalue weighted by Gasteiger charge is -2.26. The number of hydrogen-bond donors (Lipinski definition) is 2. The molecule has 0 aromatic carbocycles. The SMILES string of the molecule is CNC(C)C(c1cc2n[nH]c(=O)n2cn1)C(C)C. The molecule has 2 heterocycles. The van der Waals surface area contributed by atoms with Crippen LogP contribution in [0.15, 0.2) is 17.2 Å². The maximum absolute atomic E-state index is 11.4. The van der Waals surface area contributed by atoms with Crippen LogP contribution in [0.5, 0.6) is 0 Å². The lowest BCUT2D eigenvalue weighted by atomic mass is 9.86. The zero-order valence-electron chi connectivity index (χ0n) is 11.1. The third-order valence-electron chi connectivity index (χ3n) is 3.38. The summed E-state index contributed by atoms with van der Waals surface area (Å²) in [5.74, 6) is 0.736. The molecule has 0 spiro atoms. The lowest BCUT2D eigenvalue weighted by molar-refractivity contribution is 0.388. The van der Waals surface area contributed by atoms with E-state index in [4.69, 9.17) is 0 Å². The van der Waals surface area contributed by atoms with Crippen LogP contribution in [0.2, 0.25) is 0 Å². The van der Waals surface area contributed by atoms with Crippen LogP contribution in [0.1, 0.15) is 32.4 Å². The van der Waals surface area contributed by atoms with E-state index in [1.165, 1.54) is 10.7 Å². The summed E-state index contributed by atoms with van der Waals surface area (Å²) < 4.78 is 1.41. The minimum atomic E-state index is -0.258. The average molecular weight is 249 g/mol. The van der Waals surface area contributed by atoms with Crippen molar-refractivity contribution in [1.29, 1.82) is 0 Å². The van der Waals surface area contributed by atoms with Crippen molar-refractivity contribution in [3.8, 4) is 0 Å². The highest BCUT2D eigenvalue weighted by atomic mass is 16.1. The van der Waals surface area contributed by atoms with Gasteiger partial charge in [-0.1, -0.05) is 13.8 Å². The molecule has 2 atom stereocenters. The van der Waals surface area contributed by atoms with E-state index in [1.54, 1.807) is 0 Å². The van der Waals surface area contributed by atoms with E-state index in [0.717, 1.165) is 5.69 Å². The molecule has 0 amide bonds. The minimum Gasteiger partial charge on any atom is -0.317 e. The van der Waals surface area contributed by atoms with Crippen molar-refractivity contribution < 1.29 is 0 Å². The zero-order chi connectivity index (χ0) is 13.3. The van der Waals surface area contributed by atoms with Crippen molar-refractivity contribution in [2.75, 3.05) is 7.05 Å². The molecule has 0 aliphatic rings. The highest BCUT2D eigenvalue weighted by Gasteiger charge is 2.23. The van der Waals surface area contributed by atoms with E-state index < -0.39 is 0 Å². The molecule has 2 rings (SSSR count). The van der Waals surface area contributed by atoms with E-state index in [-0.39, 0.29) is 11.6 Å². The Balaban J connectivity index is 2.47. The first-order valence-corrected chi connectivity index (χ1v) is 6.14. The van der Waals surface area contributed by atoms with Crippen molar-refractivity contribution in [2.24, 2.45) is 5.92 Å². The zero-order valence-corrected chi connectivity index (χ0v) is 11.1. The van der Waals surface area contributed by atoms with Crippen molar-refractivity contribution in [2.45, 2.75) is 32.7 Å². The van der Waals surface area contributed by atoms with Gasteiger partial charge >= 0.3 is 5.69 Å². The van der Waals surface area contributed by atoms with Gasteiger partial charge in [-0.25, -0.2) is 19.3 Å². The summed E-state index contributed by atoms with van der Waals surface area (Å²) in [5, 5.41) is 9.65. The maximum Gasteiger partial charge on any atom is 0.348 e. The first-order chi connectivity index (χ1) is 8.54. The van der Waals surface area contributed by atoms with Gasteiger partial charge in [0.15, 0.2) is 5.65 Å². The Hall–Kier alpha value is -1.69. The van der Waals surface area contributed by atoms with Gasteiger partial charge in [-0.2, -0.15) is 5.10 Å². The van der Waals surface area contributed by atoms with Gasteiger partial charge in [-0.05, 0) is 19.9 Å². The van der Waals surface area contributed by atoms with Crippen LogP contribution in [0.4, 0.5) is 0 Å². The largest absolute Gasteiger partial charge is 0.348 e. The Labute approximate surface area is 105 Å². The Morgan fingerprint density at radius 3 is 2.72 bits per heavy atom. The third kappa shape index (κ3) is 2.15. The number of rotatable bonds is 4. The van der Waals surface area contributed by atoms with Gasteiger partial charge in [0.1, 0.15) is 6.33 Å². The highest BCUT2D eigenvalue weighted by molar-refractivity contribution is 5.38. The summed E-state index contributed by atoms with van der Waals surface area (Å²) in [6.45, 7) is 6.47. The smallest absolute Gasteiger partial charge is 0.317 e. The topological polar surface area (TPSA) is 75.1 Å². The van der Waals surface area contributed by atoms with Gasteiger partial charge in [0.25, 0.3) is 0 Å². The van der Waals surface area contributed by atoms with Gasteiger partial charge in [0.05, 0.1) is 5.69 Å². The Morgan fingerprint density at radius 2 is 2.11 bits per heavy atom. The Bertz CT molecular complexity index is 585. The second-order valence-electron chi connectivity index (χ2n) is 4.92. The minimum absolute atomic E-state index is 0.258. The summed E-state index contributed by atoms with van der Waals surface area (Å²) in [6.07, 6.45) is 1.54. The molecule has 0 aliphatic heterocycles. The fraction of sp³-hybridized carbons (Fsp3) is 0.583. The Kier molecular flexibility index (Phi) is 3.47. The van der Waals surface area contributed by atoms with Gasteiger partial charge in [-0.15, -0.1) is 0 Å². The molecule has 0 radical (unpaired) electrons. The summed E-state index contributed by atoms with van der Waals surface area (Å²) in [6, 6.07) is 2.18. The van der Waals surface area contributed by atoms with E-state index in [2.05, 4.69) is 41.3 Å². The molecule has 2 unspecified atom stereocenters. The number of fused-ring (bicyclic) bond motifs is 1. The van der Waals surface area contributed by atoms with Crippen LogP contribution in [-0.2, 0) is 0 Å². The van der Waals surface area contributed by atoms with E-state index in [0.29, 0.717) is 17.6 Å². The Morgan fingerprint density at radius 1 is 1.39 bits per heavy atom. The van der Waals surface area contributed by atoms with Crippen molar-refractivity contribution in [3.63, 3.8) is 0 Å². The summed E-state index contributed by atoms with van der Waals surface area (Å²) in [7, 11) is 1.94. The van der Waals surface area contributed by atoms with Crippen LogP contribution in [0.25, 0.3) is 5.65 Å². The van der Waals surface area contributed by atoms with Gasteiger partial charge in [-0.3, -0.25) is 0 Å². The second-order valence-corrected chi connectivity index (χ2v) is 4.92. The number of nitrogens with zero attached hydrogens (tertiary/aromatic N) is 3. The number of H-pyrrole nitrogens is 1. The molecule has 98 valence electrons. The highest BCUT2D eigenvalue weighted by Crippen LogP contribution is 2.26. The number of aromatic amines is 1. The van der Waals surface area contributed by atoms with E-state index in [9.17, 15) is 4.79 Å². The first kappa shape index (κ1) is 12.8. The molecule has 0 saturated heterocycles. The van der Waals surface area contributed by atoms with Gasteiger partial charge < -0.3 is 5.32 Å². The first-order valence-electron chi connectivity index (χ1n) is 6.14. The predicted molar refractivity (Wildman–Crippen MR) is 69.7 cm³/mol. The predicted octanol–water partition coefficient (Wildman–Crippen LogP) is 0.765. The summed E-state index contributed by atoms with van der Waals surface area (Å²) >= 11 is 0. The normalized spacial score (nSPS) is 15.2. The van der Waals surface area contributed by atoms with Crippen LogP contribution < -0.4 is 11.0 Å². The molecule has 2 N–H and O–H groups in total. The number of likely N-dealkylation sites (N-methyl/N-ethyl adjacent to an activating group) is 1. The quantitative estimate of drug-likeness (QED) is 0.839. The summed E-state index contributed by atoms with van der Waals surface area (Å²) in [5.41, 5.74) is 1.31. The van der Waals surface area contributed by atoms with Crippen LogP contribution in [0, 0.1) is 5.92 Å². The van der Waals surface area contributed by atoms with Gasteiger partial charge in [0.2, 0.25) is 0 Å². The molecular weight excluding hydrogens is 230 g/mol. The number of hydrogen-bond acceptors (Lipinski definition) is 4. The van der Waals surface area contributed by atoms with E-state index in [1.807, 2.05) is 13.1 Å². The molecule has 2 aromatic heterocycles. The molecule has 0 saturated carbocycles. The second kappa shape index (κ2) is 4.89. The lowest BCUT2D eigenvalue weighted by Crippen LogP contribution is -2.32. The monoisotopic (exact) mass is 249 g/mol. The number of nitrogens with one attached hydrogen (secondary N) is 2. The molecule has 0 bridgehead atoms. The molecule has 0 aliphatic carbocycles. The number of aromatic nitrogens is 4. The fourth-order valence-corrected chi connectivity index (χ4v) is 2.36. The molecule has 6 heteroatoms. The van der Waals surface area contributed by atoms with Crippen molar-refractivity contribution in [3.05, 3.63) is 28.6 Å². The molecule has 6 nitrogen and oxygen atoms in total. The van der Waals surface area contributed by atoms with Crippen molar-refractivity contribution >= 4 is 5.65 Å². The third-order valence-corrected chi connectivity index (χ3v) is 3.38. The fourth-order valence-electron chi connectivity index (χ4n) is 2.36.